The van der Waals surface area contributed by atoms with Crippen molar-refractivity contribution in [2.45, 2.75) is 19.3 Å². The lowest BCUT2D eigenvalue weighted by Gasteiger charge is -2.32. The van der Waals surface area contributed by atoms with Crippen LogP contribution >= 0.6 is 0 Å². The highest BCUT2D eigenvalue weighted by atomic mass is 16.3. The second-order valence-electron chi connectivity index (χ2n) is 8.55. The molecular weight excluding hydrogens is 392 g/mol. The Kier molecular flexibility index (Phi) is 3.96. The van der Waals surface area contributed by atoms with Gasteiger partial charge in [-0.25, -0.2) is 9.97 Å². The monoisotopic (exact) mass is 414 g/mol. The fraction of sp³-hybridized carbons (Fsp3) is 0.103. The molecule has 5 aromatic rings. The molecule has 1 unspecified atom stereocenters. The van der Waals surface area contributed by atoms with Crippen molar-refractivity contribution in [2.75, 3.05) is 0 Å². The smallest absolute Gasteiger partial charge is 0.115 e. The lowest BCUT2D eigenvalue weighted by molar-refractivity contribution is 0.475. The van der Waals surface area contributed by atoms with Gasteiger partial charge in [-0.2, -0.15) is 0 Å². The molecule has 154 valence electrons. The molecule has 1 N–H and O–H groups in total. The van der Waals surface area contributed by atoms with Crippen LogP contribution in [0.4, 0.5) is 0 Å². The molecule has 6 rings (SSSR count). The van der Waals surface area contributed by atoms with Crippen LogP contribution in [-0.4, -0.2) is 15.1 Å². The number of phenols is 1. The van der Waals surface area contributed by atoms with E-state index in [2.05, 4.69) is 74.5 Å². The third-order valence-corrected chi connectivity index (χ3v) is 6.73. The Labute approximate surface area is 187 Å². The summed E-state index contributed by atoms with van der Waals surface area (Å²) >= 11 is 0. The van der Waals surface area contributed by atoms with E-state index in [0.717, 1.165) is 44.7 Å². The summed E-state index contributed by atoms with van der Waals surface area (Å²) in [6.45, 7) is 4.23. The first-order chi connectivity index (χ1) is 15.6. The van der Waals surface area contributed by atoms with Gasteiger partial charge in [0, 0.05) is 5.56 Å². The zero-order valence-electron chi connectivity index (χ0n) is 18.0. The van der Waals surface area contributed by atoms with Gasteiger partial charge in [0.15, 0.2) is 0 Å². The van der Waals surface area contributed by atoms with Crippen molar-refractivity contribution in [2.24, 2.45) is 0 Å². The molecule has 1 heterocycles. The highest BCUT2D eigenvalue weighted by Crippen LogP contribution is 2.55. The van der Waals surface area contributed by atoms with Crippen molar-refractivity contribution < 1.29 is 5.11 Å². The van der Waals surface area contributed by atoms with Gasteiger partial charge in [0.05, 0.1) is 27.8 Å². The van der Waals surface area contributed by atoms with Crippen LogP contribution in [0.3, 0.4) is 0 Å². The Morgan fingerprint density at radius 3 is 1.97 bits per heavy atom. The van der Waals surface area contributed by atoms with Crippen LogP contribution in [0.15, 0.2) is 91.0 Å². The lowest BCUT2D eigenvalue weighted by Crippen LogP contribution is -2.29. The molecule has 0 radical (unpaired) electrons. The summed E-state index contributed by atoms with van der Waals surface area (Å²) in [5.74, 6) is 0.249. The Balaban J connectivity index is 1.80. The number of aromatic nitrogens is 2. The quantitative estimate of drug-likeness (QED) is 0.361. The van der Waals surface area contributed by atoms with Gasteiger partial charge in [-0.3, -0.25) is 0 Å². The number of rotatable bonds is 2. The number of fused-ring (bicyclic) bond motifs is 4. The summed E-state index contributed by atoms with van der Waals surface area (Å²) in [4.78, 5) is 10.4. The topological polar surface area (TPSA) is 46.0 Å². The first-order valence-electron chi connectivity index (χ1n) is 10.8. The van der Waals surface area contributed by atoms with Gasteiger partial charge >= 0.3 is 0 Å². The molecule has 32 heavy (non-hydrogen) atoms. The highest BCUT2D eigenvalue weighted by molar-refractivity contribution is 5.88. The number of phenolic OH excluding ortho intramolecular Hbond substituents is 1. The zero-order valence-corrected chi connectivity index (χ0v) is 18.0. The van der Waals surface area contributed by atoms with Gasteiger partial charge in [0.1, 0.15) is 5.75 Å². The van der Waals surface area contributed by atoms with Crippen LogP contribution in [0.5, 0.6) is 5.75 Å². The molecule has 1 aliphatic rings. The second kappa shape index (κ2) is 6.76. The van der Waals surface area contributed by atoms with Gasteiger partial charge < -0.3 is 5.11 Å². The van der Waals surface area contributed by atoms with Crippen LogP contribution < -0.4 is 0 Å². The van der Waals surface area contributed by atoms with Crippen LogP contribution in [0.25, 0.3) is 22.3 Å². The van der Waals surface area contributed by atoms with Crippen LogP contribution in [0, 0.1) is 13.8 Å². The van der Waals surface area contributed by atoms with Gasteiger partial charge in [-0.1, -0.05) is 66.7 Å². The predicted octanol–water partition coefficient (Wildman–Crippen LogP) is 6.32. The highest BCUT2D eigenvalue weighted by Gasteiger charge is 2.48. The average Bonchev–Trinajstić information content (AvgIpc) is 3.10. The molecule has 1 aromatic heterocycles. The lowest BCUT2D eigenvalue weighted by atomic mass is 9.69. The Morgan fingerprint density at radius 1 is 0.656 bits per heavy atom. The fourth-order valence-electron chi connectivity index (χ4n) is 5.06. The molecule has 0 bridgehead atoms. The van der Waals surface area contributed by atoms with Crippen molar-refractivity contribution in [3.05, 3.63) is 125 Å². The number of aryl methyl sites for hydroxylation is 2. The van der Waals surface area contributed by atoms with Gasteiger partial charge in [0.2, 0.25) is 0 Å². The maximum Gasteiger partial charge on any atom is 0.115 e. The Hall–Kier alpha value is -3.98. The van der Waals surface area contributed by atoms with Crippen molar-refractivity contribution in [3.8, 4) is 17.0 Å². The van der Waals surface area contributed by atoms with E-state index in [0.29, 0.717) is 0 Å². The molecule has 1 atom stereocenters. The van der Waals surface area contributed by atoms with Crippen LogP contribution in [0.1, 0.15) is 33.5 Å². The number of benzene rings is 4. The maximum absolute atomic E-state index is 10.0. The predicted molar refractivity (Wildman–Crippen MR) is 128 cm³/mol. The van der Waals surface area contributed by atoms with Crippen molar-refractivity contribution >= 4 is 11.0 Å². The van der Waals surface area contributed by atoms with E-state index in [1.165, 1.54) is 11.1 Å². The molecule has 3 heteroatoms. The second-order valence-corrected chi connectivity index (χ2v) is 8.55. The Bertz CT molecular complexity index is 1490. The fourth-order valence-corrected chi connectivity index (χ4v) is 5.06. The number of nitrogens with zero attached hydrogens (tertiary/aromatic N) is 2. The molecule has 0 saturated carbocycles. The standard InChI is InChI=1S/C29H22N2O/c1-18-16-25-26(17-19(18)2)31-28-27(30-25)23-10-6-7-11-24(23)29(28,20-8-4-3-5-9-20)21-12-14-22(32)15-13-21/h3-17,32H,1-2H3. The molecule has 0 spiro atoms. The normalized spacial score (nSPS) is 16.7. The third-order valence-electron chi connectivity index (χ3n) is 6.73. The van der Waals surface area contributed by atoms with Crippen molar-refractivity contribution in [1.82, 2.24) is 9.97 Å². The van der Waals surface area contributed by atoms with Crippen LogP contribution in [-0.2, 0) is 5.41 Å². The van der Waals surface area contributed by atoms with Gasteiger partial charge in [-0.05, 0) is 65.9 Å². The largest absolute Gasteiger partial charge is 0.508 e. The SMILES string of the molecule is Cc1cc2nc3c(nc2cc1C)C(c1ccccc1)(c1ccc(O)cc1)c1ccccc1-3. The first kappa shape index (κ1) is 18.8. The molecule has 3 nitrogen and oxygen atoms in total. The van der Waals surface area contributed by atoms with Crippen molar-refractivity contribution in [1.29, 1.82) is 0 Å². The summed E-state index contributed by atoms with van der Waals surface area (Å²) < 4.78 is 0. The molecule has 0 fully saturated rings. The molecule has 0 amide bonds. The maximum atomic E-state index is 10.0. The number of aromatic hydroxyl groups is 1. The Morgan fingerprint density at radius 2 is 1.25 bits per heavy atom. The summed E-state index contributed by atoms with van der Waals surface area (Å²) in [7, 11) is 0. The zero-order chi connectivity index (χ0) is 21.9. The summed E-state index contributed by atoms with van der Waals surface area (Å²) in [6, 6.07) is 30.7. The van der Waals surface area contributed by atoms with Crippen LogP contribution in [0.2, 0.25) is 0 Å². The van der Waals surface area contributed by atoms with E-state index in [1.54, 1.807) is 12.1 Å². The molecule has 4 aromatic carbocycles. The van der Waals surface area contributed by atoms with E-state index >= 15 is 0 Å². The van der Waals surface area contributed by atoms with E-state index in [9.17, 15) is 5.11 Å². The molecule has 0 aliphatic heterocycles. The summed E-state index contributed by atoms with van der Waals surface area (Å²) in [6.07, 6.45) is 0. The van der Waals surface area contributed by atoms with Crippen molar-refractivity contribution in [3.63, 3.8) is 0 Å². The minimum Gasteiger partial charge on any atom is -0.508 e. The van der Waals surface area contributed by atoms with E-state index in [1.807, 2.05) is 18.2 Å². The third kappa shape index (κ3) is 2.48. The number of hydrogen-bond donors (Lipinski definition) is 1. The molecule has 0 saturated heterocycles. The van der Waals surface area contributed by atoms with E-state index in [4.69, 9.17) is 9.97 Å². The van der Waals surface area contributed by atoms with Gasteiger partial charge in [-0.15, -0.1) is 0 Å². The minimum atomic E-state index is -0.610. The minimum absolute atomic E-state index is 0.249. The first-order valence-corrected chi connectivity index (χ1v) is 10.8. The average molecular weight is 415 g/mol. The van der Waals surface area contributed by atoms with E-state index < -0.39 is 5.41 Å². The summed E-state index contributed by atoms with van der Waals surface area (Å²) in [5, 5.41) is 10.0. The van der Waals surface area contributed by atoms with Gasteiger partial charge in [0.25, 0.3) is 0 Å². The molecule has 1 aliphatic carbocycles. The number of hydrogen-bond acceptors (Lipinski definition) is 3. The van der Waals surface area contributed by atoms with E-state index in [-0.39, 0.29) is 5.75 Å². The molecular formula is C29H22N2O. The summed E-state index contributed by atoms with van der Waals surface area (Å²) in [5.41, 5.74) is 9.95.